The maximum Gasteiger partial charge on any atom is 0.224 e. The van der Waals surface area contributed by atoms with Crippen molar-refractivity contribution >= 4 is 41.8 Å². The fourth-order valence-corrected chi connectivity index (χ4v) is 2.97. The van der Waals surface area contributed by atoms with Crippen LogP contribution in [-0.4, -0.2) is 35.1 Å². The molecule has 1 aliphatic rings. The van der Waals surface area contributed by atoms with Gasteiger partial charge in [0.2, 0.25) is 5.91 Å². The van der Waals surface area contributed by atoms with Crippen LogP contribution in [0.2, 0.25) is 0 Å². The number of rotatable bonds is 4. The van der Waals surface area contributed by atoms with E-state index in [1.54, 1.807) is 6.07 Å². The Morgan fingerprint density at radius 3 is 2.92 bits per heavy atom. The number of carbonyl (C=O) groups is 1. The largest absolute Gasteiger partial charge is 0.355 e. The lowest BCUT2D eigenvalue weighted by molar-refractivity contribution is -0.125. The first kappa shape index (κ1) is 20.7. The quantitative estimate of drug-likeness (QED) is 0.859. The van der Waals surface area contributed by atoms with Crippen LogP contribution in [0.25, 0.3) is 11.0 Å². The Balaban J connectivity index is 0.00000144. The Kier molecular flexibility index (Phi) is 7.93. The molecule has 2 heterocycles. The minimum absolute atomic E-state index is 0. The van der Waals surface area contributed by atoms with E-state index < -0.39 is 0 Å². The Morgan fingerprint density at radius 2 is 2.25 bits per heavy atom. The molecule has 1 aliphatic heterocycles. The van der Waals surface area contributed by atoms with Gasteiger partial charge in [-0.1, -0.05) is 6.07 Å². The van der Waals surface area contributed by atoms with Crippen LogP contribution in [0, 0.1) is 11.7 Å². The van der Waals surface area contributed by atoms with Crippen molar-refractivity contribution in [3.05, 3.63) is 29.8 Å². The highest BCUT2D eigenvalue weighted by molar-refractivity contribution is 5.85. The molecular weight excluding hydrogens is 354 g/mol. The average molecular weight is 377 g/mol. The van der Waals surface area contributed by atoms with Gasteiger partial charge in [0.25, 0.3) is 0 Å². The number of imidazole rings is 1. The summed E-state index contributed by atoms with van der Waals surface area (Å²) in [7, 11) is 1.87. The fraction of sp³-hybridized carbons (Fsp3) is 0.500. The fourth-order valence-electron chi connectivity index (χ4n) is 2.97. The second-order valence-corrected chi connectivity index (χ2v) is 5.78. The number of nitrogens with zero attached hydrogens (tertiary/aromatic N) is 2. The van der Waals surface area contributed by atoms with E-state index in [4.69, 9.17) is 0 Å². The SMILES string of the molecule is Cl.Cl.Cn1c(CCNC(=O)C2CCCNC2)nc2c(F)cccc21. The molecule has 1 aromatic heterocycles. The lowest BCUT2D eigenvalue weighted by Gasteiger charge is -2.21. The number of aromatic nitrogens is 2. The van der Waals surface area contributed by atoms with Gasteiger partial charge in [0, 0.05) is 26.6 Å². The number of benzene rings is 1. The van der Waals surface area contributed by atoms with Gasteiger partial charge >= 0.3 is 0 Å². The minimum Gasteiger partial charge on any atom is -0.355 e. The number of carbonyl (C=O) groups excluding carboxylic acids is 1. The molecule has 0 saturated carbocycles. The zero-order valence-electron chi connectivity index (χ0n) is 13.5. The second kappa shape index (κ2) is 9.20. The molecular formula is C16H23Cl2FN4O. The monoisotopic (exact) mass is 376 g/mol. The summed E-state index contributed by atoms with van der Waals surface area (Å²) in [5.74, 6) is 0.627. The molecule has 1 unspecified atom stereocenters. The summed E-state index contributed by atoms with van der Waals surface area (Å²) in [6.07, 6.45) is 2.58. The first-order valence-corrected chi connectivity index (χ1v) is 7.75. The molecule has 134 valence electrons. The molecule has 3 rings (SSSR count). The van der Waals surface area contributed by atoms with Crippen molar-refractivity contribution in [3.8, 4) is 0 Å². The molecule has 1 atom stereocenters. The molecule has 0 radical (unpaired) electrons. The molecule has 0 spiro atoms. The highest BCUT2D eigenvalue weighted by Gasteiger charge is 2.20. The van der Waals surface area contributed by atoms with E-state index in [0.29, 0.717) is 18.5 Å². The molecule has 1 aromatic carbocycles. The summed E-state index contributed by atoms with van der Waals surface area (Å²) in [6.45, 7) is 2.27. The normalized spacial score (nSPS) is 17.0. The standard InChI is InChI=1S/C16H21FN4O.2ClH/c1-21-13-6-2-5-12(17)15(13)20-14(21)7-9-19-16(22)11-4-3-8-18-10-11;;/h2,5-6,11,18H,3-4,7-10H2,1H3,(H,19,22);2*1H. The molecule has 24 heavy (non-hydrogen) atoms. The van der Waals surface area contributed by atoms with Crippen molar-refractivity contribution < 1.29 is 9.18 Å². The predicted octanol–water partition coefficient (Wildman–Crippen LogP) is 2.21. The summed E-state index contributed by atoms with van der Waals surface area (Å²) in [4.78, 5) is 16.4. The van der Waals surface area contributed by atoms with Gasteiger partial charge in [-0.3, -0.25) is 4.79 Å². The van der Waals surface area contributed by atoms with E-state index >= 15 is 0 Å². The van der Waals surface area contributed by atoms with Crippen LogP contribution in [0.1, 0.15) is 18.7 Å². The number of para-hydroxylation sites is 1. The maximum absolute atomic E-state index is 13.7. The van der Waals surface area contributed by atoms with Crippen LogP contribution in [0.15, 0.2) is 18.2 Å². The number of piperidine rings is 1. The van der Waals surface area contributed by atoms with Crippen LogP contribution < -0.4 is 10.6 Å². The second-order valence-electron chi connectivity index (χ2n) is 5.78. The van der Waals surface area contributed by atoms with Gasteiger partial charge in [-0.15, -0.1) is 24.8 Å². The Labute approximate surface area is 153 Å². The van der Waals surface area contributed by atoms with Gasteiger partial charge < -0.3 is 15.2 Å². The van der Waals surface area contributed by atoms with E-state index in [0.717, 1.165) is 37.3 Å². The highest BCUT2D eigenvalue weighted by atomic mass is 35.5. The predicted molar refractivity (Wildman–Crippen MR) is 97.5 cm³/mol. The molecule has 1 fully saturated rings. The number of nitrogens with one attached hydrogen (secondary N) is 2. The van der Waals surface area contributed by atoms with E-state index in [9.17, 15) is 9.18 Å². The number of halogens is 3. The minimum atomic E-state index is -0.309. The summed E-state index contributed by atoms with van der Waals surface area (Å²) in [5, 5.41) is 6.20. The topological polar surface area (TPSA) is 59.0 Å². The molecule has 2 aromatic rings. The van der Waals surface area contributed by atoms with Crippen molar-refractivity contribution in [2.24, 2.45) is 13.0 Å². The number of amides is 1. The van der Waals surface area contributed by atoms with Crippen LogP contribution in [0.5, 0.6) is 0 Å². The third-order valence-electron chi connectivity index (χ3n) is 4.27. The first-order valence-electron chi connectivity index (χ1n) is 7.75. The molecule has 1 saturated heterocycles. The first-order chi connectivity index (χ1) is 10.7. The van der Waals surface area contributed by atoms with Gasteiger partial charge in [0.1, 0.15) is 11.3 Å². The van der Waals surface area contributed by atoms with Crippen molar-refractivity contribution in [2.45, 2.75) is 19.3 Å². The van der Waals surface area contributed by atoms with Crippen molar-refractivity contribution in [1.29, 1.82) is 0 Å². The van der Waals surface area contributed by atoms with Crippen molar-refractivity contribution in [2.75, 3.05) is 19.6 Å². The summed E-state index contributed by atoms with van der Waals surface area (Å²) < 4.78 is 15.6. The molecule has 1 amide bonds. The summed E-state index contributed by atoms with van der Waals surface area (Å²) >= 11 is 0. The van der Waals surface area contributed by atoms with Crippen molar-refractivity contribution in [1.82, 2.24) is 20.2 Å². The molecule has 0 aliphatic carbocycles. The number of hydrogen-bond acceptors (Lipinski definition) is 3. The van der Waals surface area contributed by atoms with Gasteiger partial charge in [-0.05, 0) is 31.5 Å². The third kappa shape index (κ3) is 4.37. The zero-order valence-corrected chi connectivity index (χ0v) is 15.2. The van der Waals surface area contributed by atoms with Crippen LogP contribution in [-0.2, 0) is 18.3 Å². The summed E-state index contributed by atoms with van der Waals surface area (Å²) in [5.41, 5.74) is 1.17. The molecule has 8 heteroatoms. The number of fused-ring (bicyclic) bond motifs is 1. The third-order valence-corrected chi connectivity index (χ3v) is 4.27. The molecule has 5 nitrogen and oxygen atoms in total. The average Bonchev–Trinajstić information content (AvgIpc) is 2.86. The van der Waals surface area contributed by atoms with E-state index in [1.807, 2.05) is 17.7 Å². The van der Waals surface area contributed by atoms with Crippen LogP contribution >= 0.6 is 24.8 Å². The number of aryl methyl sites for hydroxylation is 1. The molecule has 0 bridgehead atoms. The maximum atomic E-state index is 13.7. The van der Waals surface area contributed by atoms with E-state index in [2.05, 4.69) is 15.6 Å². The van der Waals surface area contributed by atoms with Crippen LogP contribution in [0.3, 0.4) is 0 Å². The van der Waals surface area contributed by atoms with Gasteiger partial charge in [-0.2, -0.15) is 0 Å². The highest BCUT2D eigenvalue weighted by Crippen LogP contribution is 2.18. The summed E-state index contributed by atoms with van der Waals surface area (Å²) in [6, 6.07) is 4.94. The molecule has 2 N–H and O–H groups in total. The zero-order chi connectivity index (χ0) is 15.5. The van der Waals surface area contributed by atoms with E-state index in [1.165, 1.54) is 6.07 Å². The Morgan fingerprint density at radius 1 is 1.46 bits per heavy atom. The lowest BCUT2D eigenvalue weighted by Crippen LogP contribution is -2.41. The van der Waals surface area contributed by atoms with Crippen molar-refractivity contribution in [3.63, 3.8) is 0 Å². The van der Waals surface area contributed by atoms with Gasteiger partial charge in [-0.25, -0.2) is 9.37 Å². The van der Waals surface area contributed by atoms with Gasteiger partial charge in [0.05, 0.1) is 11.4 Å². The van der Waals surface area contributed by atoms with E-state index in [-0.39, 0.29) is 42.5 Å². The van der Waals surface area contributed by atoms with Crippen LogP contribution in [0.4, 0.5) is 4.39 Å². The lowest BCUT2D eigenvalue weighted by atomic mass is 9.99. The smallest absolute Gasteiger partial charge is 0.224 e. The Hall–Kier alpha value is -1.37. The van der Waals surface area contributed by atoms with Gasteiger partial charge in [0.15, 0.2) is 5.82 Å². The number of hydrogen-bond donors (Lipinski definition) is 2. The Bertz CT molecular complexity index is 686.